The number of hydrogen-bond acceptors (Lipinski definition) is 10. The van der Waals surface area contributed by atoms with Crippen molar-refractivity contribution in [2.75, 3.05) is 37.8 Å². The van der Waals surface area contributed by atoms with Crippen molar-refractivity contribution >= 4 is 40.4 Å². The maximum absolute atomic E-state index is 11.4. The summed E-state index contributed by atoms with van der Waals surface area (Å²) in [6.07, 6.45) is 8.61. The van der Waals surface area contributed by atoms with E-state index in [4.69, 9.17) is 14.2 Å². The van der Waals surface area contributed by atoms with Crippen LogP contribution in [-0.4, -0.2) is 44.8 Å². The van der Waals surface area contributed by atoms with Gasteiger partial charge in [-0.2, -0.15) is 20.5 Å². The van der Waals surface area contributed by atoms with Crippen molar-refractivity contribution in [3.63, 3.8) is 0 Å². The molecule has 0 unspecified atom stereocenters. The van der Waals surface area contributed by atoms with Gasteiger partial charge in [0.25, 0.3) is 0 Å². The molecule has 0 aromatic heterocycles. The Morgan fingerprint density at radius 1 is 0.532 bits per heavy atom. The lowest BCUT2D eigenvalue weighted by Crippen LogP contribution is -2.27. The van der Waals surface area contributed by atoms with E-state index in [9.17, 15) is 9.59 Å². The number of anilines is 1. The molecule has 47 heavy (non-hydrogen) atoms. The average Bonchev–Trinajstić information content (AvgIpc) is 3.11. The van der Waals surface area contributed by atoms with Crippen LogP contribution in [0.15, 0.2) is 93.3 Å². The smallest absolute Gasteiger partial charge is 0.305 e. The van der Waals surface area contributed by atoms with Gasteiger partial charge in [0, 0.05) is 25.1 Å². The Morgan fingerprint density at radius 2 is 0.936 bits per heavy atom. The van der Waals surface area contributed by atoms with Crippen molar-refractivity contribution in [2.45, 2.75) is 78.6 Å². The number of rotatable bonds is 22. The number of nitrogens with zero attached hydrogens (tertiary/aromatic N) is 5. The number of azo groups is 2. The number of hydrogen-bond donors (Lipinski definition) is 0. The lowest BCUT2D eigenvalue weighted by atomic mass is 10.1. The zero-order valence-electron chi connectivity index (χ0n) is 28.1. The van der Waals surface area contributed by atoms with Crippen LogP contribution < -0.4 is 9.64 Å². The van der Waals surface area contributed by atoms with Crippen molar-refractivity contribution in [2.24, 2.45) is 20.5 Å². The Bertz CT molecular complexity index is 1380. The second kappa shape index (κ2) is 22.0. The van der Waals surface area contributed by atoms with Crippen molar-refractivity contribution in [3.8, 4) is 5.75 Å². The lowest BCUT2D eigenvalue weighted by Gasteiger charge is -2.22. The Hall–Kier alpha value is -4.60. The SMILES string of the molecule is CCC(=O)OCCCCCCCCCOc1ccc(N=Nc2ccc(N=Nc3ccc(N(CC)CCOC(=O)CC)cc3)cc2)cc1. The first-order chi connectivity index (χ1) is 23.0. The van der Waals surface area contributed by atoms with E-state index in [0.29, 0.717) is 44.9 Å². The minimum Gasteiger partial charge on any atom is -0.494 e. The number of ether oxygens (including phenoxy) is 3. The van der Waals surface area contributed by atoms with Gasteiger partial charge in [-0.25, -0.2) is 0 Å². The number of carbonyl (C=O) groups is 2. The van der Waals surface area contributed by atoms with Gasteiger partial charge in [-0.3, -0.25) is 9.59 Å². The minimum atomic E-state index is -0.184. The highest BCUT2D eigenvalue weighted by atomic mass is 16.5. The Balaban J connectivity index is 1.33. The predicted molar refractivity (Wildman–Crippen MR) is 186 cm³/mol. The summed E-state index contributed by atoms with van der Waals surface area (Å²) >= 11 is 0. The molecule has 0 saturated carbocycles. The van der Waals surface area contributed by atoms with Crippen molar-refractivity contribution in [1.82, 2.24) is 0 Å². The van der Waals surface area contributed by atoms with Gasteiger partial charge in [-0.1, -0.05) is 46.0 Å². The Labute approximate surface area is 279 Å². The monoisotopic (exact) mass is 643 g/mol. The second-order valence-corrected chi connectivity index (χ2v) is 11.0. The number of benzene rings is 3. The zero-order valence-corrected chi connectivity index (χ0v) is 28.1. The van der Waals surface area contributed by atoms with Crippen LogP contribution in [0.25, 0.3) is 0 Å². The third kappa shape index (κ3) is 15.0. The molecule has 0 aliphatic rings. The zero-order chi connectivity index (χ0) is 33.5. The molecule has 0 spiro atoms. The Kier molecular flexibility index (Phi) is 17.3. The molecule has 0 aliphatic heterocycles. The van der Waals surface area contributed by atoms with Gasteiger partial charge in [0.15, 0.2) is 0 Å². The molecular weight excluding hydrogens is 594 g/mol. The summed E-state index contributed by atoms with van der Waals surface area (Å²) in [5.74, 6) is 0.529. The summed E-state index contributed by atoms with van der Waals surface area (Å²) in [7, 11) is 0. The molecule has 0 atom stereocenters. The molecule has 252 valence electrons. The van der Waals surface area contributed by atoms with Crippen LogP contribution in [0.2, 0.25) is 0 Å². The van der Waals surface area contributed by atoms with Crippen LogP contribution in [-0.2, 0) is 19.1 Å². The molecule has 3 aromatic carbocycles. The molecule has 10 nitrogen and oxygen atoms in total. The number of unbranched alkanes of at least 4 members (excludes halogenated alkanes) is 6. The first-order valence-corrected chi connectivity index (χ1v) is 16.8. The lowest BCUT2D eigenvalue weighted by molar-refractivity contribution is -0.144. The number of esters is 2. The fraction of sp³-hybridized carbons (Fsp3) is 0.459. The van der Waals surface area contributed by atoms with E-state index in [0.717, 1.165) is 60.7 Å². The third-order valence-corrected chi connectivity index (χ3v) is 7.37. The van der Waals surface area contributed by atoms with E-state index in [1.54, 1.807) is 6.92 Å². The van der Waals surface area contributed by atoms with Crippen LogP contribution in [0.3, 0.4) is 0 Å². The molecule has 0 aliphatic carbocycles. The van der Waals surface area contributed by atoms with E-state index in [1.807, 2.05) is 79.7 Å². The van der Waals surface area contributed by atoms with Crippen LogP contribution in [0.1, 0.15) is 78.6 Å². The topological polar surface area (TPSA) is 115 Å². The molecular formula is C37H49N5O5. The second-order valence-electron chi connectivity index (χ2n) is 11.0. The standard InChI is InChI=1S/C37H49N5O5/c1-4-36(43)46-28-13-11-9-7-8-10-12-27-45-35-24-20-33(21-25-35)41-39-31-16-14-30(15-17-31)38-40-32-18-22-34(23-19-32)42(6-3)26-29-47-37(44)5-2/h14-25H,4-13,26-29H2,1-3H3. The van der Waals surface area contributed by atoms with Crippen molar-refractivity contribution < 1.29 is 23.8 Å². The number of likely N-dealkylation sites (N-methyl/N-ethyl adjacent to an activating group) is 1. The minimum absolute atomic E-state index is 0.114. The van der Waals surface area contributed by atoms with Crippen LogP contribution in [0.5, 0.6) is 5.75 Å². The molecule has 3 aromatic rings. The van der Waals surface area contributed by atoms with E-state index in [-0.39, 0.29) is 11.9 Å². The first kappa shape index (κ1) is 36.9. The van der Waals surface area contributed by atoms with Crippen LogP contribution in [0.4, 0.5) is 28.4 Å². The summed E-state index contributed by atoms with van der Waals surface area (Å²) in [5.41, 5.74) is 3.97. The summed E-state index contributed by atoms with van der Waals surface area (Å²) < 4.78 is 16.2. The van der Waals surface area contributed by atoms with Gasteiger partial charge >= 0.3 is 11.9 Å². The quantitative estimate of drug-likeness (QED) is 0.0611. The molecule has 0 saturated heterocycles. The van der Waals surface area contributed by atoms with E-state index >= 15 is 0 Å². The highest BCUT2D eigenvalue weighted by Gasteiger charge is 2.06. The van der Waals surface area contributed by atoms with Crippen molar-refractivity contribution in [3.05, 3.63) is 72.8 Å². The predicted octanol–water partition coefficient (Wildman–Crippen LogP) is 10.4. The normalized spacial score (nSPS) is 11.2. The molecule has 0 heterocycles. The highest BCUT2D eigenvalue weighted by molar-refractivity contribution is 5.69. The van der Waals surface area contributed by atoms with Crippen molar-refractivity contribution in [1.29, 1.82) is 0 Å². The summed E-state index contributed by atoms with van der Waals surface area (Å²) in [6.45, 7) is 8.72. The fourth-order valence-corrected chi connectivity index (χ4v) is 4.56. The molecule has 0 bridgehead atoms. The van der Waals surface area contributed by atoms with Gasteiger partial charge in [0.1, 0.15) is 12.4 Å². The number of carbonyl (C=O) groups excluding carboxylic acids is 2. The molecule has 0 N–H and O–H groups in total. The molecule has 0 fully saturated rings. The van der Waals surface area contributed by atoms with E-state index in [2.05, 4.69) is 32.3 Å². The molecule has 0 radical (unpaired) electrons. The molecule has 0 amide bonds. The summed E-state index contributed by atoms with van der Waals surface area (Å²) in [4.78, 5) is 24.6. The van der Waals surface area contributed by atoms with E-state index < -0.39 is 0 Å². The average molecular weight is 644 g/mol. The van der Waals surface area contributed by atoms with Gasteiger partial charge in [0.05, 0.1) is 42.5 Å². The first-order valence-electron chi connectivity index (χ1n) is 16.8. The maximum Gasteiger partial charge on any atom is 0.305 e. The maximum atomic E-state index is 11.4. The summed E-state index contributed by atoms with van der Waals surface area (Å²) in [5, 5.41) is 17.4. The van der Waals surface area contributed by atoms with Gasteiger partial charge < -0.3 is 19.1 Å². The van der Waals surface area contributed by atoms with Gasteiger partial charge in [-0.05, 0) is 92.6 Å². The van der Waals surface area contributed by atoms with Crippen LogP contribution >= 0.6 is 0 Å². The van der Waals surface area contributed by atoms with Gasteiger partial charge in [0.2, 0.25) is 0 Å². The summed E-state index contributed by atoms with van der Waals surface area (Å²) in [6, 6.07) is 22.9. The van der Waals surface area contributed by atoms with Crippen LogP contribution in [0, 0.1) is 0 Å². The Morgan fingerprint density at radius 3 is 1.40 bits per heavy atom. The largest absolute Gasteiger partial charge is 0.494 e. The van der Waals surface area contributed by atoms with Gasteiger partial charge in [-0.15, -0.1) is 0 Å². The fourth-order valence-electron chi connectivity index (χ4n) is 4.56. The van der Waals surface area contributed by atoms with E-state index in [1.165, 1.54) is 19.3 Å². The third-order valence-electron chi connectivity index (χ3n) is 7.37. The molecule has 10 heteroatoms. The molecule has 3 rings (SSSR count). The highest BCUT2D eigenvalue weighted by Crippen LogP contribution is 2.26.